The van der Waals surface area contributed by atoms with Crippen molar-refractivity contribution < 1.29 is 0 Å². The lowest BCUT2D eigenvalue weighted by Crippen LogP contribution is -2.56. The monoisotopic (exact) mass is 295 g/mol. The maximum atomic E-state index is 3.60. The van der Waals surface area contributed by atoms with Crippen LogP contribution in [0.25, 0.3) is 0 Å². The van der Waals surface area contributed by atoms with E-state index >= 15 is 0 Å². The molecule has 3 unspecified atom stereocenters. The molecule has 21 heavy (non-hydrogen) atoms. The van der Waals surface area contributed by atoms with Gasteiger partial charge in [-0.3, -0.25) is 4.90 Å². The quantitative estimate of drug-likeness (QED) is 0.813. The lowest BCUT2D eigenvalue weighted by Gasteiger charge is -2.46. The van der Waals surface area contributed by atoms with Crippen molar-refractivity contribution in [2.75, 3.05) is 33.7 Å². The molecule has 124 valence electrons. The zero-order valence-electron chi connectivity index (χ0n) is 14.8. The Labute approximate surface area is 132 Å². The largest absolute Gasteiger partial charge is 0.315 e. The van der Waals surface area contributed by atoms with Crippen molar-refractivity contribution in [3.8, 4) is 0 Å². The number of nitrogens with zero attached hydrogens (tertiary/aromatic N) is 2. The van der Waals surface area contributed by atoms with Gasteiger partial charge in [-0.25, -0.2) is 0 Å². The van der Waals surface area contributed by atoms with E-state index in [1.807, 2.05) is 0 Å². The second kappa shape index (κ2) is 8.50. The average Bonchev–Trinajstić information content (AvgIpc) is 2.54. The van der Waals surface area contributed by atoms with E-state index in [4.69, 9.17) is 0 Å². The Morgan fingerprint density at radius 1 is 1.10 bits per heavy atom. The lowest BCUT2D eigenvalue weighted by atomic mass is 9.79. The summed E-state index contributed by atoms with van der Waals surface area (Å²) in [5, 5.41) is 3.60. The van der Waals surface area contributed by atoms with E-state index in [0.29, 0.717) is 6.04 Å². The van der Waals surface area contributed by atoms with E-state index in [0.717, 1.165) is 18.0 Å². The number of hydrogen-bond acceptors (Lipinski definition) is 3. The van der Waals surface area contributed by atoms with Crippen molar-refractivity contribution in [3.05, 3.63) is 0 Å². The summed E-state index contributed by atoms with van der Waals surface area (Å²) in [6, 6.07) is 2.25. The van der Waals surface area contributed by atoms with Crippen LogP contribution in [0.1, 0.15) is 58.8 Å². The van der Waals surface area contributed by atoms with Crippen molar-refractivity contribution in [1.29, 1.82) is 0 Å². The van der Waals surface area contributed by atoms with Gasteiger partial charge in [0.2, 0.25) is 0 Å². The Morgan fingerprint density at radius 2 is 1.81 bits per heavy atom. The molecular formula is C18H37N3. The third-order valence-corrected chi connectivity index (χ3v) is 6.10. The minimum atomic E-state index is 0.701. The molecule has 2 rings (SSSR count). The van der Waals surface area contributed by atoms with Crippen molar-refractivity contribution in [2.45, 2.75) is 76.9 Å². The highest BCUT2D eigenvalue weighted by Crippen LogP contribution is 2.32. The van der Waals surface area contributed by atoms with Crippen molar-refractivity contribution in [1.82, 2.24) is 15.1 Å². The topological polar surface area (TPSA) is 18.5 Å². The highest BCUT2D eigenvalue weighted by Gasteiger charge is 2.35. The first kappa shape index (κ1) is 17.2. The minimum Gasteiger partial charge on any atom is -0.315 e. The van der Waals surface area contributed by atoms with Crippen molar-refractivity contribution >= 4 is 0 Å². The highest BCUT2D eigenvalue weighted by atomic mass is 15.2. The fourth-order valence-electron chi connectivity index (χ4n) is 4.60. The summed E-state index contributed by atoms with van der Waals surface area (Å²) in [5.74, 6) is 0.961. The Balaban J connectivity index is 1.92. The summed E-state index contributed by atoms with van der Waals surface area (Å²) in [6.07, 6.45) is 9.69. The van der Waals surface area contributed by atoms with Gasteiger partial charge in [0.25, 0.3) is 0 Å². The molecule has 1 aliphatic carbocycles. The number of likely N-dealkylation sites (tertiary alicyclic amines) is 1. The summed E-state index contributed by atoms with van der Waals surface area (Å²) >= 11 is 0. The molecule has 1 aliphatic heterocycles. The number of nitrogens with one attached hydrogen (secondary N) is 1. The number of hydrogen-bond donors (Lipinski definition) is 1. The van der Waals surface area contributed by atoms with Gasteiger partial charge in [-0.2, -0.15) is 0 Å². The van der Waals surface area contributed by atoms with E-state index in [-0.39, 0.29) is 0 Å². The third-order valence-electron chi connectivity index (χ3n) is 6.10. The molecule has 0 aromatic heterocycles. The predicted octanol–water partition coefficient (Wildman–Crippen LogP) is 2.96. The molecule has 1 saturated heterocycles. The van der Waals surface area contributed by atoms with Crippen LogP contribution in [-0.2, 0) is 0 Å². The van der Waals surface area contributed by atoms with Crippen LogP contribution in [0.4, 0.5) is 0 Å². The summed E-state index contributed by atoms with van der Waals surface area (Å²) in [4.78, 5) is 5.34. The Morgan fingerprint density at radius 3 is 2.38 bits per heavy atom. The van der Waals surface area contributed by atoms with Gasteiger partial charge in [-0.1, -0.05) is 26.7 Å². The molecule has 3 heteroatoms. The van der Waals surface area contributed by atoms with Gasteiger partial charge in [0.15, 0.2) is 0 Å². The van der Waals surface area contributed by atoms with E-state index in [9.17, 15) is 0 Å². The van der Waals surface area contributed by atoms with Crippen LogP contribution in [0.3, 0.4) is 0 Å². The van der Waals surface area contributed by atoms with E-state index in [2.05, 4.69) is 43.1 Å². The van der Waals surface area contributed by atoms with Gasteiger partial charge in [0.1, 0.15) is 0 Å². The number of likely N-dealkylation sites (N-methyl/N-ethyl adjacent to an activating group) is 2. The molecule has 0 bridgehead atoms. The second-order valence-electron chi connectivity index (χ2n) is 7.26. The minimum absolute atomic E-state index is 0.701. The van der Waals surface area contributed by atoms with Gasteiger partial charge in [0.05, 0.1) is 0 Å². The molecule has 1 heterocycles. The number of piperidine rings is 1. The van der Waals surface area contributed by atoms with Crippen LogP contribution in [0.15, 0.2) is 0 Å². The van der Waals surface area contributed by atoms with E-state index in [1.54, 1.807) is 0 Å². The highest BCUT2D eigenvalue weighted by molar-refractivity contribution is 4.93. The maximum absolute atomic E-state index is 3.60. The standard InChI is InChI=1S/C18H37N3/c1-5-7-15-8-9-17(19-3)18(14-15)20(4)16-10-12-21(6-2)13-11-16/h15-19H,5-14H2,1-4H3. The Kier molecular flexibility index (Phi) is 6.97. The Hall–Kier alpha value is -0.120. The molecule has 0 aromatic rings. The van der Waals surface area contributed by atoms with Gasteiger partial charge in [-0.15, -0.1) is 0 Å². The van der Waals surface area contributed by atoms with Crippen LogP contribution < -0.4 is 5.32 Å². The molecule has 1 saturated carbocycles. The van der Waals surface area contributed by atoms with Gasteiger partial charge < -0.3 is 10.2 Å². The maximum Gasteiger partial charge on any atom is 0.0251 e. The molecule has 2 fully saturated rings. The summed E-state index contributed by atoms with van der Waals surface area (Å²) in [6.45, 7) is 8.43. The molecule has 0 spiro atoms. The third kappa shape index (κ3) is 4.43. The van der Waals surface area contributed by atoms with Crippen molar-refractivity contribution in [3.63, 3.8) is 0 Å². The zero-order chi connectivity index (χ0) is 15.2. The smallest absolute Gasteiger partial charge is 0.0251 e. The SMILES string of the molecule is CCCC1CCC(NC)C(N(C)C2CCN(CC)CC2)C1. The second-order valence-corrected chi connectivity index (χ2v) is 7.26. The molecule has 3 atom stereocenters. The molecule has 2 aliphatic rings. The fraction of sp³-hybridized carbons (Fsp3) is 1.00. The van der Waals surface area contributed by atoms with Gasteiger partial charge in [0, 0.05) is 18.1 Å². The molecule has 0 radical (unpaired) electrons. The Bertz CT molecular complexity index is 286. The van der Waals surface area contributed by atoms with Gasteiger partial charge >= 0.3 is 0 Å². The molecule has 0 amide bonds. The normalized spacial score (nSPS) is 32.7. The fourth-order valence-corrected chi connectivity index (χ4v) is 4.60. The number of rotatable bonds is 6. The van der Waals surface area contributed by atoms with Crippen LogP contribution >= 0.6 is 0 Å². The van der Waals surface area contributed by atoms with E-state index in [1.165, 1.54) is 64.6 Å². The summed E-state index contributed by atoms with van der Waals surface area (Å²) in [5.41, 5.74) is 0. The molecule has 0 aromatic carbocycles. The van der Waals surface area contributed by atoms with Crippen molar-refractivity contribution in [2.24, 2.45) is 5.92 Å². The average molecular weight is 296 g/mol. The first-order chi connectivity index (χ1) is 10.2. The predicted molar refractivity (Wildman–Crippen MR) is 91.8 cm³/mol. The first-order valence-electron chi connectivity index (χ1n) is 9.31. The summed E-state index contributed by atoms with van der Waals surface area (Å²) in [7, 11) is 4.56. The zero-order valence-corrected chi connectivity index (χ0v) is 14.8. The first-order valence-corrected chi connectivity index (χ1v) is 9.31. The molecule has 3 nitrogen and oxygen atoms in total. The van der Waals surface area contributed by atoms with Crippen LogP contribution in [0, 0.1) is 5.92 Å². The molecule has 1 N–H and O–H groups in total. The molecular weight excluding hydrogens is 258 g/mol. The van der Waals surface area contributed by atoms with Crippen LogP contribution in [-0.4, -0.2) is 61.7 Å². The van der Waals surface area contributed by atoms with E-state index < -0.39 is 0 Å². The lowest BCUT2D eigenvalue weighted by molar-refractivity contribution is 0.0511. The van der Waals surface area contributed by atoms with Gasteiger partial charge in [-0.05, 0) is 71.8 Å². The van der Waals surface area contributed by atoms with Crippen LogP contribution in [0.5, 0.6) is 0 Å². The summed E-state index contributed by atoms with van der Waals surface area (Å²) < 4.78 is 0. The van der Waals surface area contributed by atoms with Crippen LogP contribution in [0.2, 0.25) is 0 Å².